The zero-order chi connectivity index (χ0) is 22.9. The van der Waals surface area contributed by atoms with Gasteiger partial charge in [0, 0.05) is 12.0 Å². The summed E-state index contributed by atoms with van der Waals surface area (Å²) >= 11 is 0. The molecule has 1 aromatic heterocycles. The summed E-state index contributed by atoms with van der Waals surface area (Å²) < 4.78 is 93.6. The van der Waals surface area contributed by atoms with E-state index in [-0.39, 0.29) is 18.8 Å². The maximum Gasteiger partial charge on any atom is 0.431 e. The van der Waals surface area contributed by atoms with Gasteiger partial charge in [-0.2, -0.15) is 41.1 Å². The molecular weight excluding hydrogens is 419 g/mol. The average Bonchev–Trinajstić information content (AvgIpc) is 3.08. The predicted molar refractivity (Wildman–Crippen MR) is 97.6 cm³/mol. The van der Waals surface area contributed by atoms with Crippen LogP contribution in [-0.2, 0) is 0 Å². The second-order valence-electron chi connectivity index (χ2n) is 7.36. The van der Waals surface area contributed by atoms with Gasteiger partial charge in [-0.15, -0.1) is 0 Å². The van der Waals surface area contributed by atoms with Gasteiger partial charge in [0.25, 0.3) is 0 Å². The van der Waals surface area contributed by atoms with Crippen LogP contribution in [-0.4, -0.2) is 38.8 Å². The predicted octanol–water partition coefficient (Wildman–Crippen LogP) is 5.00. The van der Waals surface area contributed by atoms with Crippen molar-refractivity contribution < 1.29 is 30.7 Å². The number of hydrogen-bond acceptors (Lipinski definition) is 4. The van der Waals surface area contributed by atoms with Crippen LogP contribution in [0.3, 0.4) is 0 Å². The van der Waals surface area contributed by atoms with Gasteiger partial charge in [-0.1, -0.05) is 13.5 Å². The van der Waals surface area contributed by atoms with Gasteiger partial charge >= 0.3 is 18.0 Å². The molecule has 0 atom stereocenters. The van der Waals surface area contributed by atoms with E-state index < -0.39 is 42.8 Å². The van der Waals surface area contributed by atoms with E-state index in [9.17, 15) is 30.7 Å². The number of anilines is 1. The number of alkyl halides is 7. The second-order valence-corrected chi connectivity index (χ2v) is 7.36. The van der Waals surface area contributed by atoms with Crippen molar-refractivity contribution in [2.45, 2.75) is 70.0 Å². The number of hydrogen-bond donors (Lipinski definition) is 2. The minimum atomic E-state index is -6.04. The third-order valence-corrected chi connectivity index (χ3v) is 5.55. The lowest BCUT2D eigenvalue weighted by molar-refractivity contribution is -0.360. The van der Waals surface area contributed by atoms with Crippen molar-refractivity contribution in [2.24, 2.45) is 5.92 Å². The molecule has 0 bridgehead atoms. The number of nitrogen functional groups attached to an aromatic ring is 1. The normalized spacial score (nSPS) is 21.9. The Labute approximate surface area is 169 Å². The van der Waals surface area contributed by atoms with Crippen LogP contribution in [0, 0.1) is 5.92 Å². The van der Waals surface area contributed by atoms with Crippen LogP contribution in [0.4, 0.5) is 36.7 Å². The highest BCUT2D eigenvalue weighted by molar-refractivity contribution is 5.57. The topological polar surface area (TPSA) is 68.8 Å². The average molecular weight is 443 g/mol. The van der Waals surface area contributed by atoms with Crippen molar-refractivity contribution in [3.8, 4) is 0 Å². The monoisotopic (exact) mass is 443 g/mol. The van der Waals surface area contributed by atoms with Crippen molar-refractivity contribution in [3.05, 3.63) is 24.1 Å². The Morgan fingerprint density at radius 2 is 1.67 bits per heavy atom. The van der Waals surface area contributed by atoms with Gasteiger partial charge in [-0.05, 0) is 50.2 Å². The minimum Gasteiger partial charge on any atom is -0.368 e. The molecule has 3 N–H and O–H groups in total. The van der Waals surface area contributed by atoms with Crippen LogP contribution in [0.5, 0.6) is 0 Å². The van der Waals surface area contributed by atoms with Crippen molar-refractivity contribution in [2.75, 3.05) is 5.73 Å². The van der Waals surface area contributed by atoms with Crippen LogP contribution in [0.2, 0.25) is 0 Å². The van der Waals surface area contributed by atoms with Crippen molar-refractivity contribution >= 4 is 11.8 Å². The van der Waals surface area contributed by atoms with Crippen molar-refractivity contribution in [1.82, 2.24) is 20.1 Å². The fourth-order valence-electron chi connectivity index (χ4n) is 3.64. The quantitative estimate of drug-likeness (QED) is 0.480. The third-order valence-electron chi connectivity index (χ3n) is 5.55. The second kappa shape index (κ2) is 8.46. The number of halogens is 7. The number of rotatable bonds is 6. The summed E-state index contributed by atoms with van der Waals surface area (Å²) in [5.41, 5.74) is 1.96. The maximum absolute atomic E-state index is 14.3. The standard InChI is InChI=1S/C18H24F7N5/c1-4-10(2)11(3)14(30-15(26)27-9-28-30)29-13-7-5-12(6-8-13)16(19,17(20,21)22)18(23,24)25/h9,12-13,29H,2,4-8H2,1,3H3,(H2,26,27,28)/b14-11-. The molecule has 1 fully saturated rings. The Morgan fingerprint density at radius 3 is 2.07 bits per heavy atom. The molecule has 0 unspecified atom stereocenters. The Balaban J connectivity index is 2.23. The molecule has 1 aliphatic rings. The van der Waals surface area contributed by atoms with E-state index in [1.165, 1.54) is 11.0 Å². The molecule has 170 valence electrons. The number of allylic oxidation sites excluding steroid dienone is 2. The molecule has 5 nitrogen and oxygen atoms in total. The van der Waals surface area contributed by atoms with Crippen LogP contribution in [0.25, 0.3) is 5.82 Å². The Hall–Kier alpha value is -2.27. The van der Waals surface area contributed by atoms with Crippen LogP contribution in [0.15, 0.2) is 24.1 Å². The van der Waals surface area contributed by atoms with Gasteiger partial charge < -0.3 is 11.1 Å². The van der Waals surface area contributed by atoms with Crippen molar-refractivity contribution in [3.63, 3.8) is 0 Å². The molecule has 2 rings (SSSR count). The van der Waals surface area contributed by atoms with E-state index in [4.69, 9.17) is 5.73 Å². The smallest absolute Gasteiger partial charge is 0.368 e. The molecule has 1 aliphatic carbocycles. The van der Waals surface area contributed by atoms with E-state index >= 15 is 0 Å². The van der Waals surface area contributed by atoms with E-state index in [1.807, 2.05) is 6.92 Å². The van der Waals surface area contributed by atoms with Crippen LogP contribution >= 0.6 is 0 Å². The molecule has 0 saturated heterocycles. The largest absolute Gasteiger partial charge is 0.431 e. The highest BCUT2D eigenvalue weighted by Gasteiger charge is 2.75. The van der Waals surface area contributed by atoms with E-state index in [0.717, 1.165) is 5.57 Å². The lowest BCUT2D eigenvalue weighted by Crippen LogP contribution is -2.59. The zero-order valence-electron chi connectivity index (χ0n) is 16.5. The number of nitrogens with two attached hydrogens (primary N) is 1. The summed E-state index contributed by atoms with van der Waals surface area (Å²) in [6, 6.07) is -0.495. The first-order chi connectivity index (χ1) is 13.7. The lowest BCUT2D eigenvalue weighted by atomic mass is 9.75. The summed E-state index contributed by atoms with van der Waals surface area (Å²) in [5, 5.41) is 7.08. The first kappa shape index (κ1) is 24.0. The number of nitrogens with one attached hydrogen (secondary N) is 1. The molecule has 0 spiro atoms. The van der Waals surface area contributed by atoms with Gasteiger partial charge in [0.1, 0.15) is 12.1 Å². The molecule has 12 heteroatoms. The van der Waals surface area contributed by atoms with Gasteiger partial charge in [-0.25, -0.2) is 4.39 Å². The summed E-state index contributed by atoms with van der Waals surface area (Å²) in [4.78, 5) is 3.82. The molecule has 1 heterocycles. The molecule has 1 aromatic rings. The molecule has 1 saturated carbocycles. The maximum atomic E-state index is 14.3. The van der Waals surface area contributed by atoms with Gasteiger partial charge in [-0.3, -0.25) is 0 Å². The molecule has 0 aromatic carbocycles. The van der Waals surface area contributed by atoms with E-state index in [2.05, 4.69) is 22.0 Å². The minimum absolute atomic E-state index is 0.0476. The molecule has 0 amide bonds. The molecule has 0 aliphatic heterocycles. The summed E-state index contributed by atoms with van der Waals surface area (Å²) in [6.45, 7) is 7.53. The van der Waals surface area contributed by atoms with Gasteiger partial charge in [0.2, 0.25) is 5.95 Å². The SMILES string of the molecule is C=C(CC)/C(C)=C(/NC1CCC(C(F)(C(F)(F)F)C(F)(F)F)CC1)n1ncnc1N. The van der Waals surface area contributed by atoms with Gasteiger partial charge in [0.05, 0.1) is 0 Å². The summed E-state index contributed by atoms with van der Waals surface area (Å²) in [7, 11) is 0. The Bertz CT molecular complexity index is 772. The van der Waals surface area contributed by atoms with E-state index in [1.54, 1.807) is 6.92 Å². The molecule has 0 radical (unpaired) electrons. The van der Waals surface area contributed by atoms with Crippen molar-refractivity contribution in [1.29, 1.82) is 0 Å². The van der Waals surface area contributed by atoms with Gasteiger partial charge in [0.15, 0.2) is 0 Å². The third kappa shape index (κ3) is 4.41. The first-order valence-corrected chi connectivity index (χ1v) is 9.37. The Morgan fingerprint density at radius 1 is 1.13 bits per heavy atom. The van der Waals surface area contributed by atoms with Crippen LogP contribution in [0.1, 0.15) is 46.0 Å². The highest BCUT2D eigenvalue weighted by atomic mass is 19.4. The van der Waals surface area contributed by atoms with E-state index in [0.29, 0.717) is 17.8 Å². The fourth-order valence-corrected chi connectivity index (χ4v) is 3.64. The Kier molecular flexibility index (Phi) is 6.77. The highest BCUT2D eigenvalue weighted by Crippen LogP contribution is 2.54. The molecule has 30 heavy (non-hydrogen) atoms. The summed E-state index contributed by atoms with van der Waals surface area (Å²) in [5.74, 6) is -1.77. The number of aromatic nitrogens is 3. The lowest BCUT2D eigenvalue weighted by Gasteiger charge is -2.40. The zero-order valence-corrected chi connectivity index (χ0v) is 16.5. The number of nitrogens with zero attached hydrogens (tertiary/aromatic N) is 3. The van der Waals surface area contributed by atoms with Crippen LogP contribution < -0.4 is 11.1 Å². The molecular formula is C18H24F7N5. The fraction of sp³-hybridized carbons (Fsp3) is 0.667. The first-order valence-electron chi connectivity index (χ1n) is 9.37. The summed E-state index contributed by atoms with van der Waals surface area (Å²) in [6.07, 6.45) is -11.6.